The van der Waals surface area contributed by atoms with Gasteiger partial charge in [0.25, 0.3) is 0 Å². The zero-order valence-electron chi connectivity index (χ0n) is 13.0. The van der Waals surface area contributed by atoms with E-state index in [0.717, 1.165) is 0 Å². The smallest absolute Gasteiger partial charge is 0.473 e. The fraction of sp³-hybridized carbons (Fsp3) is 0.462. The molecule has 16 heteroatoms. The minimum absolute atomic E-state index is 0.413. The summed E-state index contributed by atoms with van der Waals surface area (Å²) in [6, 6.07) is 1.99. The van der Waals surface area contributed by atoms with Gasteiger partial charge in [-0.2, -0.15) is 57.1 Å². The molecule has 0 fully saturated rings. The monoisotopic (exact) mass is 456 g/mol. The average Bonchev–Trinajstić information content (AvgIpc) is 2.53. The molecule has 0 aliphatic rings. The molecule has 0 radical (unpaired) electrons. The summed E-state index contributed by atoms with van der Waals surface area (Å²) in [5, 5.41) is 8.87. The van der Waals surface area contributed by atoms with Crippen LogP contribution in [-0.2, 0) is 4.74 Å². The van der Waals surface area contributed by atoms with E-state index in [-0.39, 0.29) is 0 Å². The van der Waals surface area contributed by atoms with Gasteiger partial charge in [-0.15, -0.1) is 0 Å². The van der Waals surface area contributed by atoms with E-state index in [9.17, 15) is 61.9 Å². The number of hydrogen-bond donors (Lipinski definition) is 1. The molecule has 0 spiro atoms. The van der Waals surface area contributed by atoms with Crippen LogP contribution in [0.5, 0.6) is 5.75 Å². The number of aromatic hydroxyl groups is 1. The lowest BCUT2D eigenvalue weighted by atomic mass is 9.97. The summed E-state index contributed by atoms with van der Waals surface area (Å²) in [5.41, 5.74) is -1.13. The fourth-order valence-corrected chi connectivity index (χ4v) is 1.59. The molecule has 0 amide bonds. The molecule has 1 rings (SSSR count). The third-order valence-electron chi connectivity index (χ3n) is 3.23. The number of hydrogen-bond acceptors (Lipinski definition) is 3. The molecule has 0 bridgehead atoms. The predicted molar refractivity (Wildman–Crippen MR) is 64.3 cm³/mol. The van der Waals surface area contributed by atoms with E-state index in [1.165, 1.54) is 0 Å². The summed E-state index contributed by atoms with van der Waals surface area (Å²) in [4.78, 5) is 11.3. The van der Waals surface area contributed by atoms with Gasteiger partial charge in [0.1, 0.15) is 5.75 Å². The molecule has 1 N–H and O–H groups in total. The highest BCUT2D eigenvalue weighted by atomic mass is 19.4. The second-order valence-electron chi connectivity index (χ2n) is 5.25. The number of ether oxygens (including phenoxy) is 1. The number of phenols is 1. The van der Waals surface area contributed by atoms with Crippen LogP contribution in [0.1, 0.15) is 10.4 Å². The fourth-order valence-electron chi connectivity index (χ4n) is 1.59. The highest BCUT2D eigenvalue weighted by Gasteiger charge is 2.91. The van der Waals surface area contributed by atoms with E-state index < -0.39 is 53.3 Å². The molecule has 0 unspecified atom stereocenters. The summed E-state index contributed by atoms with van der Waals surface area (Å²) in [6.07, 6.45) is -14.5. The van der Waals surface area contributed by atoms with Crippen LogP contribution in [0.3, 0.4) is 0 Å². The van der Waals surface area contributed by atoms with E-state index in [1.807, 2.05) is 0 Å². The first-order valence-corrected chi connectivity index (χ1v) is 6.61. The third kappa shape index (κ3) is 3.75. The van der Waals surface area contributed by atoms with E-state index in [4.69, 9.17) is 5.11 Å². The maximum Gasteiger partial charge on any atom is 0.473 e. The first-order chi connectivity index (χ1) is 12.6. The van der Waals surface area contributed by atoms with Crippen molar-refractivity contribution in [2.75, 3.05) is 0 Å². The van der Waals surface area contributed by atoms with E-state index in [2.05, 4.69) is 4.74 Å². The lowest BCUT2D eigenvalue weighted by Crippen LogP contribution is -2.70. The summed E-state index contributed by atoms with van der Waals surface area (Å²) >= 11 is 0. The Morgan fingerprint density at radius 3 is 1.41 bits per heavy atom. The second kappa shape index (κ2) is 6.83. The molecular formula is C13H5F13O3. The van der Waals surface area contributed by atoms with Gasteiger partial charge in [0.05, 0.1) is 5.56 Å². The molecule has 0 heterocycles. The molecule has 0 saturated carbocycles. The highest BCUT2D eigenvalue weighted by Crippen LogP contribution is 2.60. The normalized spacial score (nSPS) is 14.7. The predicted octanol–water partition coefficient (Wildman–Crippen LogP) is 5.25. The zero-order valence-corrected chi connectivity index (χ0v) is 13.0. The summed E-state index contributed by atoms with van der Waals surface area (Å²) in [7, 11) is 0. The Labute approximate surface area is 150 Å². The Morgan fingerprint density at radius 2 is 1.03 bits per heavy atom. The molecule has 1 aromatic carbocycles. The molecule has 29 heavy (non-hydrogen) atoms. The van der Waals surface area contributed by atoms with Gasteiger partial charge < -0.3 is 9.84 Å². The second-order valence-corrected chi connectivity index (χ2v) is 5.25. The maximum atomic E-state index is 13.3. The van der Waals surface area contributed by atoms with Crippen molar-refractivity contribution in [3.63, 3.8) is 0 Å². The number of benzene rings is 1. The highest BCUT2D eigenvalue weighted by molar-refractivity contribution is 5.89. The van der Waals surface area contributed by atoms with Crippen LogP contribution < -0.4 is 0 Å². The van der Waals surface area contributed by atoms with Gasteiger partial charge in [-0.3, -0.25) is 0 Å². The summed E-state index contributed by atoms with van der Waals surface area (Å²) in [6.45, 7) is 0. The SMILES string of the molecule is O=C(OC(F)(F)C(F)(F)C(F)(F)C(F)(F)C(F)(F)C(F)(F)F)c1ccc(O)cc1. The minimum Gasteiger partial charge on any atom is -0.508 e. The number of phenolic OH excluding ortho intramolecular Hbond substituents is 1. The molecule has 1 aromatic rings. The number of alkyl halides is 13. The molecule has 0 aromatic heterocycles. The Balaban J connectivity index is 3.34. The van der Waals surface area contributed by atoms with Gasteiger partial charge in [-0.1, -0.05) is 0 Å². The van der Waals surface area contributed by atoms with Crippen LogP contribution in [0.2, 0.25) is 0 Å². The molecule has 166 valence electrons. The van der Waals surface area contributed by atoms with Crippen LogP contribution in [0, 0.1) is 0 Å². The van der Waals surface area contributed by atoms with Crippen molar-refractivity contribution >= 4 is 5.97 Å². The Hall–Kier alpha value is -2.42. The lowest BCUT2D eigenvalue weighted by molar-refractivity contribution is -0.459. The molecule has 0 atom stereocenters. The number of carbonyl (C=O) groups is 1. The molecule has 0 saturated heterocycles. The van der Waals surface area contributed by atoms with Crippen LogP contribution in [0.4, 0.5) is 57.1 Å². The van der Waals surface area contributed by atoms with Crippen LogP contribution in [-0.4, -0.2) is 47.1 Å². The van der Waals surface area contributed by atoms with Crippen molar-refractivity contribution in [2.45, 2.75) is 36.0 Å². The van der Waals surface area contributed by atoms with Crippen molar-refractivity contribution in [3.05, 3.63) is 29.8 Å². The van der Waals surface area contributed by atoms with E-state index in [0.29, 0.717) is 24.3 Å². The first kappa shape index (κ1) is 24.6. The first-order valence-electron chi connectivity index (χ1n) is 6.61. The van der Waals surface area contributed by atoms with Crippen LogP contribution >= 0.6 is 0 Å². The van der Waals surface area contributed by atoms with Crippen molar-refractivity contribution in [1.29, 1.82) is 0 Å². The summed E-state index contributed by atoms with van der Waals surface area (Å²) in [5.74, 6) is -34.9. The number of halogens is 13. The van der Waals surface area contributed by atoms with Crippen molar-refractivity contribution in [1.82, 2.24) is 0 Å². The summed E-state index contributed by atoms with van der Waals surface area (Å²) < 4.78 is 169. The Morgan fingerprint density at radius 1 is 0.655 bits per heavy atom. The Kier molecular flexibility index (Phi) is 5.80. The quantitative estimate of drug-likeness (QED) is 0.471. The molecular weight excluding hydrogens is 451 g/mol. The molecule has 0 aliphatic carbocycles. The number of carbonyl (C=O) groups excluding carboxylic acids is 1. The van der Waals surface area contributed by atoms with Crippen molar-refractivity contribution in [2.24, 2.45) is 0 Å². The van der Waals surface area contributed by atoms with Crippen LogP contribution in [0.15, 0.2) is 24.3 Å². The number of esters is 1. The maximum absolute atomic E-state index is 13.3. The minimum atomic E-state index is -8.09. The number of rotatable bonds is 6. The molecule has 3 nitrogen and oxygen atoms in total. The third-order valence-corrected chi connectivity index (χ3v) is 3.23. The van der Waals surface area contributed by atoms with E-state index >= 15 is 0 Å². The van der Waals surface area contributed by atoms with Gasteiger partial charge in [0.2, 0.25) is 0 Å². The standard InChI is InChI=1S/C13H5F13O3/c14-8(15,10(18,19)12(22,23)24)9(16,17)11(20,21)13(25,26)29-7(28)5-1-3-6(27)4-2-5/h1-4,27H. The van der Waals surface area contributed by atoms with Gasteiger partial charge in [-0.05, 0) is 24.3 Å². The average molecular weight is 456 g/mol. The van der Waals surface area contributed by atoms with Gasteiger partial charge in [0.15, 0.2) is 0 Å². The topological polar surface area (TPSA) is 46.5 Å². The van der Waals surface area contributed by atoms with Gasteiger partial charge in [0, 0.05) is 0 Å². The van der Waals surface area contributed by atoms with Gasteiger partial charge >= 0.3 is 41.9 Å². The lowest BCUT2D eigenvalue weighted by Gasteiger charge is -2.38. The molecule has 0 aliphatic heterocycles. The van der Waals surface area contributed by atoms with Crippen LogP contribution in [0.25, 0.3) is 0 Å². The van der Waals surface area contributed by atoms with Crippen molar-refractivity contribution < 1.29 is 71.7 Å². The van der Waals surface area contributed by atoms with E-state index in [1.54, 1.807) is 0 Å². The van der Waals surface area contributed by atoms with Crippen molar-refractivity contribution in [3.8, 4) is 5.75 Å². The zero-order chi connectivity index (χ0) is 23.3. The van der Waals surface area contributed by atoms with Gasteiger partial charge in [-0.25, -0.2) is 4.79 Å². The largest absolute Gasteiger partial charge is 0.508 e. The Bertz CT molecular complexity index is 752.